The Balaban J connectivity index is 2.19. The van der Waals surface area contributed by atoms with Gasteiger partial charge in [-0.05, 0) is 25.1 Å². The van der Waals surface area contributed by atoms with Crippen molar-refractivity contribution in [3.63, 3.8) is 0 Å². The molecule has 1 unspecified atom stereocenters. The van der Waals surface area contributed by atoms with Crippen LogP contribution in [0.25, 0.3) is 0 Å². The molecule has 1 saturated heterocycles. The van der Waals surface area contributed by atoms with Crippen LogP contribution in [0.3, 0.4) is 0 Å². The fraction of sp³-hybridized carbons (Fsp3) is 0.538. The minimum Gasteiger partial charge on any atom is -0.329 e. The molecule has 1 aliphatic rings. The van der Waals surface area contributed by atoms with E-state index in [1.807, 2.05) is 31.3 Å². The lowest BCUT2D eigenvalue weighted by molar-refractivity contribution is 0.143. The van der Waals surface area contributed by atoms with Crippen molar-refractivity contribution in [1.29, 1.82) is 0 Å². The van der Waals surface area contributed by atoms with Gasteiger partial charge in [-0.15, -0.1) is 0 Å². The van der Waals surface area contributed by atoms with Gasteiger partial charge in [0.25, 0.3) is 0 Å². The van der Waals surface area contributed by atoms with Gasteiger partial charge in [0, 0.05) is 23.1 Å². The molecule has 1 fully saturated rings. The monoisotopic (exact) mass is 346 g/mol. The lowest BCUT2D eigenvalue weighted by Crippen LogP contribution is -2.52. The molecule has 0 bridgehead atoms. The van der Waals surface area contributed by atoms with E-state index in [2.05, 4.69) is 20.8 Å². The summed E-state index contributed by atoms with van der Waals surface area (Å²) >= 11 is 3.52. The minimum atomic E-state index is -2.95. The largest absolute Gasteiger partial charge is 0.329 e. The Morgan fingerprint density at radius 1 is 1.42 bits per heavy atom. The normalized spacial score (nSPS) is 25.9. The first-order valence-electron chi connectivity index (χ1n) is 6.24. The first-order chi connectivity index (χ1) is 8.88. The predicted octanol–water partition coefficient (Wildman–Crippen LogP) is 1.40. The van der Waals surface area contributed by atoms with Crippen molar-refractivity contribution in [3.05, 3.63) is 34.3 Å². The second-order valence-corrected chi connectivity index (χ2v) is 8.26. The highest BCUT2D eigenvalue weighted by atomic mass is 79.9. The van der Waals surface area contributed by atoms with Gasteiger partial charge in [-0.2, -0.15) is 0 Å². The molecule has 1 aliphatic heterocycles. The van der Waals surface area contributed by atoms with Crippen LogP contribution in [0.2, 0.25) is 0 Å². The summed E-state index contributed by atoms with van der Waals surface area (Å²) in [7, 11) is -0.995. The molecule has 0 amide bonds. The van der Waals surface area contributed by atoms with Crippen LogP contribution in [0.1, 0.15) is 12.0 Å². The summed E-state index contributed by atoms with van der Waals surface area (Å²) in [6.07, 6.45) is 0.618. The Bertz CT molecular complexity index is 562. The number of hydrogen-bond acceptors (Lipinski definition) is 4. The highest BCUT2D eigenvalue weighted by Gasteiger charge is 2.44. The van der Waals surface area contributed by atoms with Gasteiger partial charge in [0.2, 0.25) is 0 Å². The molecular formula is C13H19BrN2O2S. The van der Waals surface area contributed by atoms with E-state index in [1.165, 1.54) is 0 Å². The number of nitrogens with two attached hydrogens (primary N) is 1. The molecule has 6 heteroatoms. The third-order valence-corrected chi connectivity index (χ3v) is 6.50. The van der Waals surface area contributed by atoms with E-state index in [1.54, 1.807) is 0 Å². The van der Waals surface area contributed by atoms with Crippen molar-refractivity contribution >= 4 is 25.8 Å². The number of sulfone groups is 1. The number of nitrogens with zero attached hydrogens (tertiary/aromatic N) is 1. The maximum atomic E-state index is 11.7. The van der Waals surface area contributed by atoms with Crippen molar-refractivity contribution in [2.45, 2.75) is 18.5 Å². The summed E-state index contributed by atoms with van der Waals surface area (Å²) in [6, 6.07) is 7.97. The molecule has 1 aromatic carbocycles. The zero-order valence-electron chi connectivity index (χ0n) is 11.0. The topological polar surface area (TPSA) is 63.4 Å². The zero-order chi connectivity index (χ0) is 14.1. The Kier molecular flexibility index (Phi) is 4.35. The predicted molar refractivity (Wildman–Crippen MR) is 80.7 cm³/mol. The third kappa shape index (κ3) is 3.18. The maximum absolute atomic E-state index is 11.7. The van der Waals surface area contributed by atoms with Crippen LogP contribution in [-0.4, -0.2) is 44.0 Å². The van der Waals surface area contributed by atoms with Crippen molar-refractivity contribution < 1.29 is 8.42 Å². The van der Waals surface area contributed by atoms with Crippen molar-refractivity contribution in [2.75, 3.05) is 25.1 Å². The highest BCUT2D eigenvalue weighted by molar-refractivity contribution is 9.10. The van der Waals surface area contributed by atoms with Gasteiger partial charge in [0.1, 0.15) is 0 Å². The third-order valence-electron chi connectivity index (χ3n) is 3.92. The first kappa shape index (κ1) is 15.0. The SMILES string of the molecule is CN(Cc1ccccc1Br)C1(CN)CCS(=O)(=O)C1. The molecule has 19 heavy (non-hydrogen) atoms. The van der Waals surface area contributed by atoms with Gasteiger partial charge in [-0.25, -0.2) is 8.42 Å². The van der Waals surface area contributed by atoms with Crippen molar-refractivity contribution in [1.82, 2.24) is 4.90 Å². The average molecular weight is 347 g/mol. The summed E-state index contributed by atoms with van der Waals surface area (Å²) in [5.41, 5.74) is 6.58. The van der Waals surface area contributed by atoms with E-state index < -0.39 is 15.4 Å². The van der Waals surface area contributed by atoms with Crippen LogP contribution in [0.5, 0.6) is 0 Å². The smallest absolute Gasteiger partial charge is 0.152 e. The first-order valence-corrected chi connectivity index (χ1v) is 8.85. The van der Waals surface area contributed by atoms with Crippen molar-refractivity contribution in [3.8, 4) is 0 Å². The molecule has 4 nitrogen and oxygen atoms in total. The second kappa shape index (κ2) is 5.52. The van der Waals surface area contributed by atoms with E-state index in [0.717, 1.165) is 10.0 Å². The van der Waals surface area contributed by atoms with E-state index in [4.69, 9.17) is 5.73 Å². The van der Waals surface area contributed by atoms with E-state index in [0.29, 0.717) is 19.5 Å². The van der Waals surface area contributed by atoms with Crippen LogP contribution in [0, 0.1) is 0 Å². The number of benzene rings is 1. The Morgan fingerprint density at radius 2 is 2.11 bits per heavy atom. The molecule has 1 aromatic rings. The average Bonchev–Trinajstić information content (AvgIpc) is 2.69. The molecule has 2 rings (SSSR count). The quantitative estimate of drug-likeness (QED) is 0.894. The molecule has 1 atom stereocenters. The molecular weight excluding hydrogens is 328 g/mol. The highest BCUT2D eigenvalue weighted by Crippen LogP contribution is 2.30. The van der Waals surface area contributed by atoms with Gasteiger partial charge in [0.05, 0.1) is 11.5 Å². The van der Waals surface area contributed by atoms with Gasteiger partial charge in [-0.3, -0.25) is 4.90 Å². The van der Waals surface area contributed by atoms with E-state index in [9.17, 15) is 8.42 Å². The lowest BCUT2D eigenvalue weighted by atomic mass is 9.96. The zero-order valence-corrected chi connectivity index (χ0v) is 13.4. The Hall–Kier alpha value is -0.430. The molecule has 0 radical (unpaired) electrons. The van der Waals surface area contributed by atoms with Crippen LogP contribution >= 0.6 is 15.9 Å². The second-order valence-electron chi connectivity index (χ2n) is 5.22. The molecule has 1 heterocycles. The van der Waals surface area contributed by atoms with Gasteiger partial charge >= 0.3 is 0 Å². The van der Waals surface area contributed by atoms with Crippen LogP contribution in [0.15, 0.2) is 28.7 Å². The number of rotatable bonds is 4. The fourth-order valence-corrected chi connectivity index (χ4v) is 5.11. The number of likely N-dealkylation sites (N-methyl/N-ethyl adjacent to an activating group) is 1. The Labute approximate surface area is 123 Å². The van der Waals surface area contributed by atoms with Crippen molar-refractivity contribution in [2.24, 2.45) is 5.73 Å². The Morgan fingerprint density at radius 3 is 2.63 bits per heavy atom. The van der Waals surface area contributed by atoms with Gasteiger partial charge in [-0.1, -0.05) is 34.1 Å². The molecule has 2 N–H and O–H groups in total. The summed E-state index contributed by atoms with van der Waals surface area (Å²) < 4.78 is 24.5. The summed E-state index contributed by atoms with van der Waals surface area (Å²) in [5, 5.41) is 0. The van der Waals surface area contributed by atoms with E-state index in [-0.39, 0.29) is 11.5 Å². The van der Waals surface area contributed by atoms with Gasteiger partial charge < -0.3 is 5.73 Å². The maximum Gasteiger partial charge on any atom is 0.152 e. The number of halogens is 1. The lowest BCUT2D eigenvalue weighted by Gasteiger charge is -2.37. The summed E-state index contributed by atoms with van der Waals surface area (Å²) in [6.45, 7) is 1.06. The molecule has 0 saturated carbocycles. The molecule has 0 aliphatic carbocycles. The van der Waals surface area contributed by atoms with E-state index >= 15 is 0 Å². The minimum absolute atomic E-state index is 0.164. The number of hydrogen-bond donors (Lipinski definition) is 1. The summed E-state index contributed by atoms with van der Waals surface area (Å²) in [4.78, 5) is 2.08. The molecule has 0 aromatic heterocycles. The van der Waals surface area contributed by atoms with Crippen LogP contribution in [-0.2, 0) is 16.4 Å². The molecule has 106 valence electrons. The summed E-state index contributed by atoms with van der Waals surface area (Å²) in [5.74, 6) is 0.405. The van der Waals surface area contributed by atoms with Gasteiger partial charge in [0.15, 0.2) is 9.84 Å². The standard InChI is InChI=1S/C13H19BrN2O2S/c1-16(8-11-4-2-3-5-12(11)14)13(9-15)6-7-19(17,18)10-13/h2-5H,6-10,15H2,1H3. The van der Waals surface area contributed by atoms with Crippen LogP contribution < -0.4 is 5.73 Å². The molecule has 0 spiro atoms. The fourth-order valence-electron chi connectivity index (χ4n) is 2.57. The van der Waals surface area contributed by atoms with Crippen LogP contribution in [0.4, 0.5) is 0 Å².